The number of halogens is 1. The Balaban J connectivity index is 3.68. The molecule has 0 radical (unpaired) electrons. The molecule has 0 heterocycles. The van der Waals surface area contributed by atoms with Crippen LogP contribution in [0.25, 0.3) is 0 Å². The van der Waals surface area contributed by atoms with Crippen LogP contribution in [0.1, 0.15) is 6.92 Å². The first-order valence-corrected chi connectivity index (χ1v) is 2.29. The molecule has 0 rings (SSSR count). The number of hydrogen-bond donors (Lipinski definition) is 1. The van der Waals surface area contributed by atoms with Crippen LogP contribution < -0.4 is 5.73 Å². The zero-order chi connectivity index (χ0) is 5.86. The standard InChI is InChI=1S/C5H8ClN/c1-4(6)3-5(2)7/h3H,2,7H2,1H3/b4-3+. The lowest BCUT2D eigenvalue weighted by atomic mass is 10.4. The minimum atomic E-state index is 0.493. The predicted octanol–water partition coefficient (Wildman–Crippen LogP) is 1.60. The molecule has 0 aliphatic heterocycles. The summed E-state index contributed by atoms with van der Waals surface area (Å²) in [6.07, 6.45) is 1.60. The van der Waals surface area contributed by atoms with Gasteiger partial charge in [0, 0.05) is 10.7 Å². The summed E-state index contributed by atoms with van der Waals surface area (Å²) in [4.78, 5) is 0. The van der Waals surface area contributed by atoms with Gasteiger partial charge in [0.1, 0.15) is 0 Å². The Hall–Kier alpha value is -0.430. The quantitative estimate of drug-likeness (QED) is 0.519. The van der Waals surface area contributed by atoms with E-state index in [-0.39, 0.29) is 0 Å². The van der Waals surface area contributed by atoms with Gasteiger partial charge in [0.05, 0.1) is 0 Å². The van der Waals surface area contributed by atoms with Gasteiger partial charge < -0.3 is 5.73 Å². The highest BCUT2D eigenvalue weighted by Crippen LogP contribution is 1.98. The van der Waals surface area contributed by atoms with Crippen molar-refractivity contribution in [1.29, 1.82) is 0 Å². The highest BCUT2D eigenvalue weighted by atomic mass is 35.5. The highest BCUT2D eigenvalue weighted by molar-refractivity contribution is 6.29. The molecule has 7 heavy (non-hydrogen) atoms. The van der Waals surface area contributed by atoms with Crippen molar-refractivity contribution in [2.45, 2.75) is 6.92 Å². The van der Waals surface area contributed by atoms with Crippen LogP contribution in [-0.2, 0) is 0 Å². The smallest absolute Gasteiger partial charge is 0.0252 e. The van der Waals surface area contributed by atoms with Gasteiger partial charge in [-0.15, -0.1) is 0 Å². The fourth-order valence-corrected chi connectivity index (χ4v) is 0.396. The zero-order valence-electron chi connectivity index (χ0n) is 4.24. The molecule has 0 saturated heterocycles. The van der Waals surface area contributed by atoms with E-state index >= 15 is 0 Å². The predicted molar refractivity (Wildman–Crippen MR) is 32.9 cm³/mol. The van der Waals surface area contributed by atoms with Gasteiger partial charge in [-0.2, -0.15) is 0 Å². The van der Waals surface area contributed by atoms with Gasteiger partial charge in [-0.25, -0.2) is 0 Å². The van der Waals surface area contributed by atoms with Gasteiger partial charge in [-0.1, -0.05) is 18.2 Å². The Morgan fingerprint density at radius 2 is 2.29 bits per heavy atom. The van der Waals surface area contributed by atoms with Gasteiger partial charge in [-0.05, 0) is 13.0 Å². The van der Waals surface area contributed by atoms with Crippen molar-refractivity contribution in [1.82, 2.24) is 0 Å². The second kappa shape index (κ2) is 2.69. The van der Waals surface area contributed by atoms with Gasteiger partial charge >= 0.3 is 0 Å². The van der Waals surface area contributed by atoms with Crippen molar-refractivity contribution in [3.8, 4) is 0 Å². The van der Waals surface area contributed by atoms with E-state index in [0.717, 1.165) is 0 Å². The molecule has 0 aliphatic rings. The third kappa shape index (κ3) is 5.57. The number of rotatable bonds is 1. The SMILES string of the molecule is C=C(N)/C=C(\C)Cl. The van der Waals surface area contributed by atoms with Crippen molar-refractivity contribution in [2.24, 2.45) is 5.73 Å². The summed E-state index contributed by atoms with van der Waals surface area (Å²) >= 11 is 5.39. The average molecular weight is 118 g/mol. The summed E-state index contributed by atoms with van der Waals surface area (Å²) in [7, 11) is 0. The molecule has 1 nitrogen and oxygen atoms in total. The summed E-state index contributed by atoms with van der Waals surface area (Å²) in [6.45, 7) is 5.16. The van der Waals surface area contributed by atoms with Crippen molar-refractivity contribution < 1.29 is 0 Å². The Morgan fingerprint density at radius 3 is 2.29 bits per heavy atom. The van der Waals surface area contributed by atoms with Crippen LogP contribution >= 0.6 is 11.6 Å². The van der Waals surface area contributed by atoms with E-state index in [9.17, 15) is 0 Å². The normalized spacial score (nSPS) is 11.4. The van der Waals surface area contributed by atoms with Crippen LogP contribution in [0, 0.1) is 0 Å². The molecule has 40 valence electrons. The van der Waals surface area contributed by atoms with Crippen LogP contribution in [-0.4, -0.2) is 0 Å². The molecular weight excluding hydrogens is 110 g/mol. The van der Waals surface area contributed by atoms with E-state index in [1.54, 1.807) is 13.0 Å². The maximum atomic E-state index is 5.39. The van der Waals surface area contributed by atoms with Crippen LogP contribution in [0.5, 0.6) is 0 Å². The molecule has 0 amide bonds. The van der Waals surface area contributed by atoms with E-state index in [1.165, 1.54) is 0 Å². The highest BCUT2D eigenvalue weighted by Gasteiger charge is 1.76. The average Bonchev–Trinajstić information content (AvgIpc) is 1.27. The number of allylic oxidation sites excluding steroid dienone is 2. The molecule has 0 bridgehead atoms. The van der Waals surface area contributed by atoms with Gasteiger partial charge in [0.2, 0.25) is 0 Å². The van der Waals surface area contributed by atoms with E-state index in [4.69, 9.17) is 17.3 Å². The molecule has 0 aliphatic carbocycles. The first-order chi connectivity index (χ1) is 3.13. The second-order valence-electron chi connectivity index (χ2n) is 1.31. The fourth-order valence-electron chi connectivity index (χ4n) is 0.255. The summed E-state index contributed by atoms with van der Waals surface area (Å²) in [5.41, 5.74) is 5.63. The van der Waals surface area contributed by atoms with Gasteiger partial charge in [0.25, 0.3) is 0 Å². The lowest BCUT2D eigenvalue weighted by Crippen LogP contribution is -1.88. The molecule has 0 fully saturated rings. The molecule has 0 spiro atoms. The fraction of sp³-hybridized carbons (Fsp3) is 0.200. The van der Waals surface area contributed by atoms with Crippen molar-refractivity contribution >= 4 is 11.6 Å². The molecule has 0 aromatic carbocycles. The molecule has 0 aromatic heterocycles. The topological polar surface area (TPSA) is 26.0 Å². The van der Waals surface area contributed by atoms with E-state index < -0.39 is 0 Å². The Labute approximate surface area is 48.5 Å². The molecule has 0 saturated carbocycles. The Morgan fingerprint density at radius 1 is 1.86 bits per heavy atom. The molecular formula is C5H8ClN. The van der Waals surface area contributed by atoms with Crippen LogP contribution in [0.3, 0.4) is 0 Å². The maximum absolute atomic E-state index is 5.39. The van der Waals surface area contributed by atoms with Crippen molar-refractivity contribution in [3.63, 3.8) is 0 Å². The molecule has 2 N–H and O–H groups in total. The largest absolute Gasteiger partial charge is 0.399 e. The second-order valence-corrected chi connectivity index (χ2v) is 1.90. The summed E-state index contributed by atoms with van der Waals surface area (Å²) in [6, 6.07) is 0. The third-order valence-corrected chi connectivity index (χ3v) is 0.493. The van der Waals surface area contributed by atoms with Crippen molar-refractivity contribution in [2.75, 3.05) is 0 Å². The summed E-state index contributed by atoms with van der Waals surface area (Å²) < 4.78 is 0. The lowest BCUT2D eigenvalue weighted by molar-refractivity contribution is 1.43. The molecule has 0 unspecified atom stereocenters. The first kappa shape index (κ1) is 6.57. The van der Waals surface area contributed by atoms with E-state index in [0.29, 0.717) is 10.7 Å². The van der Waals surface area contributed by atoms with E-state index in [2.05, 4.69) is 6.58 Å². The third-order valence-electron chi connectivity index (χ3n) is 0.384. The van der Waals surface area contributed by atoms with Crippen LogP contribution in [0.4, 0.5) is 0 Å². The number of hydrogen-bond acceptors (Lipinski definition) is 1. The van der Waals surface area contributed by atoms with Crippen LogP contribution in [0.2, 0.25) is 0 Å². The van der Waals surface area contributed by atoms with Crippen LogP contribution in [0.15, 0.2) is 23.4 Å². The van der Waals surface area contributed by atoms with Gasteiger partial charge in [0.15, 0.2) is 0 Å². The summed E-state index contributed by atoms with van der Waals surface area (Å²) in [5, 5.41) is 0.660. The zero-order valence-corrected chi connectivity index (χ0v) is 5.00. The lowest BCUT2D eigenvalue weighted by Gasteiger charge is -1.84. The van der Waals surface area contributed by atoms with E-state index in [1.807, 2.05) is 0 Å². The summed E-state index contributed by atoms with van der Waals surface area (Å²) in [5.74, 6) is 0. The maximum Gasteiger partial charge on any atom is 0.0252 e. The minimum Gasteiger partial charge on any atom is -0.399 e. The minimum absolute atomic E-state index is 0.493. The first-order valence-electron chi connectivity index (χ1n) is 1.91. The Bertz CT molecular complexity index is 101. The molecule has 0 aromatic rings. The molecule has 0 atom stereocenters. The monoisotopic (exact) mass is 117 g/mol. The van der Waals surface area contributed by atoms with Crippen molar-refractivity contribution in [3.05, 3.63) is 23.4 Å². The van der Waals surface area contributed by atoms with Gasteiger partial charge in [-0.3, -0.25) is 0 Å². The molecule has 2 heteroatoms. The number of nitrogens with two attached hydrogens (primary N) is 1. The Kier molecular flexibility index (Phi) is 2.53.